The molecular weight excluding hydrogens is 308 g/mol. The molecule has 2 aromatic rings. The molecular formula is C14H11Cl3FN. The molecule has 0 amide bonds. The van der Waals surface area contributed by atoms with E-state index in [9.17, 15) is 4.39 Å². The quantitative estimate of drug-likeness (QED) is 0.736. The maximum Gasteiger partial charge on any atom is 0.126 e. The van der Waals surface area contributed by atoms with Gasteiger partial charge in [0.1, 0.15) is 5.82 Å². The van der Waals surface area contributed by atoms with Crippen LogP contribution in [0.15, 0.2) is 36.4 Å². The second-order valence-corrected chi connectivity index (χ2v) is 5.41. The van der Waals surface area contributed by atoms with Gasteiger partial charge in [-0.3, -0.25) is 0 Å². The van der Waals surface area contributed by atoms with Crippen molar-refractivity contribution in [3.63, 3.8) is 0 Å². The van der Waals surface area contributed by atoms with Crippen molar-refractivity contribution in [1.29, 1.82) is 0 Å². The molecule has 19 heavy (non-hydrogen) atoms. The molecule has 0 saturated heterocycles. The molecule has 2 rings (SSSR count). The van der Waals surface area contributed by atoms with Gasteiger partial charge in [0, 0.05) is 11.1 Å². The highest BCUT2D eigenvalue weighted by Gasteiger charge is 2.12. The Morgan fingerprint density at radius 3 is 2.05 bits per heavy atom. The van der Waals surface area contributed by atoms with Crippen LogP contribution in [0.1, 0.15) is 18.5 Å². The summed E-state index contributed by atoms with van der Waals surface area (Å²) in [6.45, 7) is 1.96. The number of nitrogens with one attached hydrogen (secondary N) is 1. The zero-order valence-corrected chi connectivity index (χ0v) is 12.3. The van der Waals surface area contributed by atoms with Crippen LogP contribution in [0.2, 0.25) is 15.1 Å². The first kappa shape index (κ1) is 14.4. The Balaban J connectivity index is 2.24. The minimum absolute atomic E-state index is 0.0299. The van der Waals surface area contributed by atoms with Crippen LogP contribution < -0.4 is 5.32 Å². The number of hydrogen-bond acceptors (Lipinski definition) is 1. The lowest BCUT2D eigenvalue weighted by atomic mass is 10.1. The lowest BCUT2D eigenvalue weighted by Crippen LogP contribution is -2.07. The van der Waals surface area contributed by atoms with Gasteiger partial charge in [-0.1, -0.05) is 46.9 Å². The molecule has 0 aliphatic carbocycles. The molecule has 0 heterocycles. The molecule has 0 bridgehead atoms. The van der Waals surface area contributed by atoms with Crippen LogP contribution in [0, 0.1) is 5.82 Å². The fourth-order valence-corrected chi connectivity index (χ4v) is 2.43. The van der Waals surface area contributed by atoms with Crippen LogP contribution in [0.25, 0.3) is 0 Å². The highest BCUT2D eigenvalue weighted by atomic mass is 35.5. The standard InChI is InChI=1S/C14H11Cl3FN/c1-8(9-2-4-10(15)5-3-9)19-14-12(16)6-11(18)7-13(14)17/h2-8,19H,1H3. The van der Waals surface area contributed by atoms with Crippen molar-refractivity contribution in [1.82, 2.24) is 0 Å². The Hall–Kier alpha value is -0.960. The van der Waals surface area contributed by atoms with E-state index >= 15 is 0 Å². The summed E-state index contributed by atoms with van der Waals surface area (Å²) in [5, 5.41) is 4.35. The van der Waals surface area contributed by atoms with Crippen LogP contribution in [0.4, 0.5) is 10.1 Å². The SMILES string of the molecule is CC(Nc1c(Cl)cc(F)cc1Cl)c1ccc(Cl)cc1. The zero-order valence-electron chi connectivity index (χ0n) is 10.1. The van der Waals surface area contributed by atoms with Gasteiger partial charge in [0.25, 0.3) is 0 Å². The summed E-state index contributed by atoms with van der Waals surface area (Å²) in [5.41, 5.74) is 1.55. The Kier molecular flexibility index (Phi) is 4.56. The van der Waals surface area contributed by atoms with Crippen LogP contribution >= 0.6 is 34.8 Å². The van der Waals surface area contributed by atoms with Gasteiger partial charge in [-0.15, -0.1) is 0 Å². The third kappa shape index (κ3) is 3.53. The van der Waals surface area contributed by atoms with E-state index in [0.29, 0.717) is 10.7 Å². The maximum absolute atomic E-state index is 13.1. The van der Waals surface area contributed by atoms with Crippen LogP contribution in [0.5, 0.6) is 0 Å². The molecule has 0 radical (unpaired) electrons. The van der Waals surface area contributed by atoms with E-state index in [4.69, 9.17) is 34.8 Å². The van der Waals surface area contributed by atoms with Crippen molar-refractivity contribution in [3.05, 3.63) is 62.8 Å². The summed E-state index contributed by atoms with van der Waals surface area (Å²) in [6.07, 6.45) is 0. The fraction of sp³-hybridized carbons (Fsp3) is 0.143. The van der Waals surface area contributed by atoms with Gasteiger partial charge in [0.15, 0.2) is 0 Å². The van der Waals surface area contributed by atoms with Crippen molar-refractivity contribution in [2.24, 2.45) is 0 Å². The second-order valence-electron chi connectivity index (χ2n) is 4.16. The first-order valence-corrected chi connectivity index (χ1v) is 6.77. The highest BCUT2D eigenvalue weighted by Crippen LogP contribution is 2.34. The normalized spacial score (nSPS) is 12.3. The van der Waals surface area contributed by atoms with Crippen molar-refractivity contribution in [2.75, 3.05) is 5.32 Å². The molecule has 5 heteroatoms. The molecule has 1 atom stereocenters. The molecule has 0 aliphatic rings. The molecule has 0 saturated carbocycles. The van der Waals surface area contributed by atoms with E-state index in [-0.39, 0.29) is 16.1 Å². The molecule has 1 N–H and O–H groups in total. The average Bonchev–Trinajstić information content (AvgIpc) is 2.34. The number of halogens is 4. The fourth-order valence-electron chi connectivity index (χ4n) is 1.73. The van der Waals surface area contributed by atoms with Crippen LogP contribution in [-0.4, -0.2) is 0 Å². The molecule has 1 nitrogen and oxygen atoms in total. The van der Waals surface area contributed by atoms with E-state index in [1.54, 1.807) is 0 Å². The van der Waals surface area contributed by atoms with E-state index in [1.165, 1.54) is 12.1 Å². The molecule has 0 fully saturated rings. The van der Waals surface area contributed by atoms with Crippen molar-refractivity contribution >= 4 is 40.5 Å². The number of rotatable bonds is 3. The first-order valence-electron chi connectivity index (χ1n) is 5.64. The zero-order chi connectivity index (χ0) is 14.0. The second kappa shape index (κ2) is 6.00. The van der Waals surface area contributed by atoms with Gasteiger partial charge in [-0.05, 0) is 36.8 Å². The van der Waals surface area contributed by atoms with E-state index in [0.717, 1.165) is 5.56 Å². The van der Waals surface area contributed by atoms with Crippen LogP contribution in [-0.2, 0) is 0 Å². The maximum atomic E-state index is 13.1. The summed E-state index contributed by atoms with van der Waals surface area (Å²) in [4.78, 5) is 0. The lowest BCUT2D eigenvalue weighted by molar-refractivity contribution is 0.628. The Labute approximate surface area is 126 Å². The van der Waals surface area contributed by atoms with Crippen LogP contribution in [0.3, 0.4) is 0 Å². The first-order chi connectivity index (χ1) is 8.97. The number of hydrogen-bond donors (Lipinski definition) is 1. The van der Waals surface area contributed by atoms with Crippen molar-refractivity contribution in [3.8, 4) is 0 Å². The van der Waals surface area contributed by atoms with Crippen molar-refractivity contribution in [2.45, 2.75) is 13.0 Å². The van der Waals surface area contributed by atoms with E-state index < -0.39 is 5.82 Å². The molecule has 0 aromatic heterocycles. The highest BCUT2D eigenvalue weighted by molar-refractivity contribution is 6.39. The average molecular weight is 319 g/mol. The topological polar surface area (TPSA) is 12.0 Å². The molecule has 2 aromatic carbocycles. The summed E-state index contributed by atoms with van der Waals surface area (Å²) in [7, 11) is 0. The third-order valence-electron chi connectivity index (χ3n) is 2.74. The van der Waals surface area contributed by atoms with Gasteiger partial charge in [-0.25, -0.2) is 4.39 Å². The number of benzene rings is 2. The Morgan fingerprint density at radius 1 is 1.00 bits per heavy atom. The minimum Gasteiger partial charge on any atom is -0.376 e. The largest absolute Gasteiger partial charge is 0.376 e. The minimum atomic E-state index is -0.459. The summed E-state index contributed by atoms with van der Waals surface area (Å²) in [5.74, 6) is -0.459. The van der Waals surface area contributed by atoms with Crippen molar-refractivity contribution < 1.29 is 4.39 Å². The number of anilines is 1. The summed E-state index contributed by atoms with van der Waals surface area (Å²) >= 11 is 17.8. The van der Waals surface area contributed by atoms with Gasteiger partial charge in [0.2, 0.25) is 0 Å². The van der Waals surface area contributed by atoms with E-state index in [1.807, 2.05) is 31.2 Å². The van der Waals surface area contributed by atoms with Gasteiger partial charge in [-0.2, -0.15) is 0 Å². The third-order valence-corrected chi connectivity index (χ3v) is 3.59. The molecule has 0 aliphatic heterocycles. The Morgan fingerprint density at radius 2 is 1.53 bits per heavy atom. The van der Waals surface area contributed by atoms with Gasteiger partial charge >= 0.3 is 0 Å². The smallest absolute Gasteiger partial charge is 0.126 e. The lowest BCUT2D eigenvalue weighted by Gasteiger charge is -2.18. The predicted octanol–water partition coefficient (Wildman–Crippen LogP) is 5.96. The summed E-state index contributed by atoms with van der Waals surface area (Å²) in [6, 6.07) is 9.86. The molecule has 0 spiro atoms. The van der Waals surface area contributed by atoms with Gasteiger partial charge in [0.05, 0.1) is 15.7 Å². The molecule has 100 valence electrons. The molecule has 1 unspecified atom stereocenters. The summed E-state index contributed by atoms with van der Waals surface area (Å²) < 4.78 is 13.1. The monoisotopic (exact) mass is 317 g/mol. The van der Waals surface area contributed by atoms with E-state index in [2.05, 4.69) is 5.32 Å². The predicted molar refractivity (Wildman–Crippen MR) is 79.9 cm³/mol. The Bertz CT molecular complexity index is 561. The van der Waals surface area contributed by atoms with Gasteiger partial charge < -0.3 is 5.32 Å².